The van der Waals surface area contributed by atoms with Gasteiger partial charge in [-0.1, -0.05) is 11.6 Å². The Morgan fingerprint density at radius 2 is 2.29 bits per heavy atom. The summed E-state index contributed by atoms with van der Waals surface area (Å²) in [7, 11) is 1.39. The molecule has 0 aliphatic heterocycles. The molecule has 17 heavy (non-hydrogen) atoms. The summed E-state index contributed by atoms with van der Waals surface area (Å²) >= 11 is 0. The van der Waals surface area contributed by atoms with E-state index in [1.807, 2.05) is 25.1 Å². The number of allylic oxidation sites excluding steroid dienone is 1. The zero-order chi connectivity index (χ0) is 12.4. The molecule has 0 amide bonds. The van der Waals surface area contributed by atoms with E-state index >= 15 is 0 Å². The van der Waals surface area contributed by atoms with Gasteiger partial charge in [0.05, 0.1) is 25.2 Å². The van der Waals surface area contributed by atoms with Crippen LogP contribution >= 0.6 is 0 Å². The number of nitriles is 1. The Morgan fingerprint density at radius 1 is 1.53 bits per heavy atom. The normalized spacial score (nSPS) is 13.2. The fourth-order valence-corrected chi connectivity index (χ4v) is 2.17. The first kappa shape index (κ1) is 11.4. The molecule has 0 heterocycles. The average molecular weight is 227 g/mol. The van der Waals surface area contributed by atoms with Gasteiger partial charge in [-0.05, 0) is 42.2 Å². The van der Waals surface area contributed by atoms with E-state index < -0.39 is 0 Å². The van der Waals surface area contributed by atoms with E-state index in [9.17, 15) is 4.79 Å². The van der Waals surface area contributed by atoms with Gasteiger partial charge in [0.2, 0.25) is 0 Å². The molecule has 1 aromatic carbocycles. The van der Waals surface area contributed by atoms with Gasteiger partial charge >= 0.3 is 5.97 Å². The van der Waals surface area contributed by atoms with Crippen LogP contribution in [0, 0.1) is 11.3 Å². The third kappa shape index (κ3) is 2.07. The molecule has 0 fully saturated rings. The van der Waals surface area contributed by atoms with Crippen LogP contribution < -0.4 is 0 Å². The average Bonchev–Trinajstić information content (AvgIpc) is 2.65. The molecule has 0 atom stereocenters. The maximum Gasteiger partial charge on any atom is 0.309 e. The van der Waals surface area contributed by atoms with Crippen molar-refractivity contribution in [2.24, 2.45) is 0 Å². The second-order valence-electron chi connectivity index (χ2n) is 4.17. The Hall–Kier alpha value is -2.08. The fourth-order valence-electron chi connectivity index (χ4n) is 2.17. The molecule has 3 heteroatoms. The fraction of sp³-hybridized carbons (Fsp3) is 0.286. The van der Waals surface area contributed by atoms with Crippen LogP contribution in [-0.2, 0) is 16.0 Å². The summed E-state index contributed by atoms with van der Waals surface area (Å²) in [6.07, 6.45) is 1.14. The molecule has 1 aliphatic rings. The summed E-state index contributed by atoms with van der Waals surface area (Å²) in [6.45, 7) is 2.02. The van der Waals surface area contributed by atoms with Gasteiger partial charge in [-0.15, -0.1) is 0 Å². The highest BCUT2D eigenvalue weighted by Gasteiger charge is 2.21. The van der Waals surface area contributed by atoms with E-state index in [0.29, 0.717) is 5.56 Å². The lowest BCUT2D eigenvalue weighted by atomic mass is 10.0. The Balaban J connectivity index is 2.40. The smallest absolute Gasteiger partial charge is 0.309 e. The number of fused-ring (bicyclic) bond motifs is 1. The highest BCUT2D eigenvalue weighted by molar-refractivity contribution is 5.89. The molecule has 2 rings (SSSR count). The zero-order valence-corrected chi connectivity index (χ0v) is 9.91. The molecule has 0 bridgehead atoms. The van der Waals surface area contributed by atoms with Gasteiger partial charge in [0.25, 0.3) is 0 Å². The van der Waals surface area contributed by atoms with Crippen LogP contribution in [-0.4, -0.2) is 13.1 Å². The maximum atomic E-state index is 11.4. The van der Waals surface area contributed by atoms with E-state index in [1.165, 1.54) is 18.2 Å². The van der Waals surface area contributed by atoms with Gasteiger partial charge in [-0.25, -0.2) is 0 Å². The van der Waals surface area contributed by atoms with Gasteiger partial charge < -0.3 is 4.74 Å². The van der Waals surface area contributed by atoms with Crippen LogP contribution in [0.2, 0.25) is 0 Å². The Kier molecular flexibility index (Phi) is 2.97. The molecule has 0 saturated carbocycles. The van der Waals surface area contributed by atoms with Crippen LogP contribution in [0.3, 0.4) is 0 Å². The van der Waals surface area contributed by atoms with Crippen molar-refractivity contribution in [3.05, 3.63) is 40.5 Å². The predicted molar refractivity (Wildman–Crippen MR) is 64.1 cm³/mol. The number of carbonyl (C=O) groups excluding carboxylic acids is 1. The number of ether oxygens (including phenoxy) is 1. The number of nitrogens with zero attached hydrogens (tertiary/aromatic N) is 1. The zero-order valence-electron chi connectivity index (χ0n) is 9.91. The number of hydrogen-bond donors (Lipinski definition) is 0. The third-order valence-electron chi connectivity index (χ3n) is 3.08. The van der Waals surface area contributed by atoms with Crippen molar-refractivity contribution in [3.63, 3.8) is 0 Å². The quantitative estimate of drug-likeness (QED) is 0.729. The predicted octanol–water partition coefficient (Wildman–Crippen LogP) is 2.45. The van der Waals surface area contributed by atoms with Crippen molar-refractivity contribution >= 4 is 11.5 Å². The van der Waals surface area contributed by atoms with Gasteiger partial charge in [0, 0.05) is 0 Å². The van der Waals surface area contributed by atoms with Crippen molar-refractivity contribution in [3.8, 4) is 6.07 Å². The highest BCUT2D eigenvalue weighted by atomic mass is 16.5. The first-order valence-electron chi connectivity index (χ1n) is 5.44. The number of rotatable bonds is 2. The SMILES string of the molecule is COC(=O)CC1=C(C)Cc2ccc(C#N)cc21. The highest BCUT2D eigenvalue weighted by Crippen LogP contribution is 2.35. The van der Waals surface area contributed by atoms with E-state index in [1.54, 1.807) is 0 Å². The molecule has 0 unspecified atom stereocenters. The molecule has 0 spiro atoms. The molecular weight excluding hydrogens is 214 g/mol. The molecule has 86 valence electrons. The van der Waals surface area contributed by atoms with Gasteiger partial charge in [-0.3, -0.25) is 4.79 Å². The molecule has 1 aromatic rings. The topological polar surface area (TPSA) is 50.1 Å². The summed E-state index contributed by atoms with van der Waals surface area (Å²) in [4.78, 5) is 11.4. The minimum Gasteiger partial charge on any atom is -0.469 e. The lowest BCUT2D eigenvalue weighted by molar-refractivity contribution is -0.139. The van der Waals surface area contributed by atoms with E-state index in [2.05, 4.69) is 6.07 Å². The molecular formula is C14H13NO2. The van der Waals surface area contributed by atoms with Crippen molar-refractivity contribution < 1.29 is 9.53 Å². The summed E-state index contributed by atoms with van der Waals surface area (Å²) in [6, 6.07) is 7.74. The minimum absolute atomic E-state index is 0.241. The summed E-state index contributed by atoms with van der Waals surface area (Å²) in [5, 5.41) is 8.89. The van der Waals surface area contributed by atoms with Crippen LogP contribution in [0.25, 0.3) is 5.57 Å². The first-order valence-corrected chi connectivity index (χ1v) is 5.44. The number of hydrogen-bond acceptors (Lipinski definition) is 3. The van der Waals surface area contributed by atoms with Gasteiger partial charge in [-0.2, -0.15) is 5.26 Å². The van der Waals surface area contributed by atoms with E-state index in [0.717, 1.165) is 17.6 Å². The molecule has 0 aromatic heterocycles. The minimum atomic E-state index is -0.241. The van der Waals surface area contributed by atoms with Crippen LogP contribution in [0.1, 0.15) is 30.0 Å². The third-order valence-corrected chi connectivity index (χ3v) is 3.08. The molecule has 0 saturated heterocycles. The summed E-state index contributed by atoms with van der Waals surface area (Å²) in [5.41, 5.74) is 5.01. The number of esters is 1. The molecule has 3 nitrogen and oxygen atoms in total. The van der Waals surface area contributed by atoms with E-state index in [4.69, 9.17) is 10.00 Å². The second kappa shape index (κ2) is 4.42. The summed E-state index contributed by atoms with van der Waals surface area (Å²) in [5.74, 6) is -0.241. The second-order valence-corrected chi connectivity index (χ2v) is 4.17. The number of methoxy groups -OCH3 is 1. The van der Waals surface area contributed by atoms with Crippen LogP contribution in [0.15, 0.2) is 23.8 Å². The molecule has 0 radical (unpaired) electrons. The molecule has 0 N–H and O–H groups in total. The lowest BCUT2D eigenvalue weighted by Gasteiger charge is -2.05. The number of benzene rings is 1. The Morgan fingerprint density at radius 3 is 2.94 bits per heavy atom. The maximum absolute atomic E-state index is 11.4. The van der Waals surface area contributed by atoms with Crippen molar-refractivity contribution in [1.29, 1.82) is 5.26 Å². The standard InChI is InChI=1S/C14H13NO2/c1-9-5-11-4-3-10(8-15)6-13(11)12(9)7-14(16)17-2/h3-4,6H,5,7H2,1-2H3. The Labute approximate surface area is 100 Å². The number of carbonyl (C=O) groups is 1. The molecule has 1 aliphatic carbocycles. The van der Waals surface area contributed by atoms with Crippen LogP contribution in [0.5, 0.6) is 0 Å². The largest absolute Gasteiger partial charge is 0.469 e. The summed E-state index contributed by atoms with van der Waals surface area (Å²) < 4.78 is 4.69. The van der Waals surface area contributed by atoms with Gasteiger partial charge in [0.1, 0.15) is 0 Å². The monoisotopic (exact) mass is 227 g/mol. The first-order chi connectivity index (χ1) is 8.15. The van der Waals surface area contributed by atoms with E-state index in [-0.39, 0.29) is 12.4 Å². The lowest BCUT2D eigenvalue weighted by Crippen LogP contribution is -2.01. The van der Waals surface area contributed by atoms with Crippen molar-refractivity contribution in [1.82, 2.24) is 0 Å². The Bertz CT molecular complexity index is 550. The van der Waals surface area contributed by atoms with Crippen molar-refractivity contribution in [2.75, 3.05) is 7.11 Å². The van der Waals surface area contributed by atoms with Gasteiger partial charge in [0.15, 0.2) is 0 Å². The van der Waals surface area contributed by atoms with Crippen molar-refractivity contribution in [2.45, 2.75) is 19.8 Å². The van der Waals surface area contributed by atoms with Crippen LogP contribution in [0.4, 0.5) is 0 Å².